The Balaban J connectivity index is 2.47. The summed E-state index contributed by atoms with van der Waals surface area (Å²) in [5.41, 5.74) is 5.38. The standard InChI is InChI=1S/C13H22N2O/c1-3-16-9-5-8-13(15-14)12-7-4-6-11(2)10-12/h4,6-7,10,13,15H,3,5,8-9,14H2,1-2H3. The van der Waals surface area contributed by atoms with Gasteiger partial charge in [-0.2, -0.15) is 0 Å². The molecule has 3 heteroatoms. The van der Waals surface area contributed by atoms with Gasteiger partial charge in [0.2, 0.25) is 0 Å². The molecule has 0 fully saturated rings. The first-order chi connectivity index (χ1) is 7.77. The zero-order valence-electron chi connectivity index (χ0n) is 10.2. The smallest absolute Gasteiger partial charge is 0.0466 e. The summed E-state index contributed by atoms with van der Waals surface area (Å²) in [6.45, 7) is 5.70. The van der Waals surface area contributed by atoms with Crippen LogP contribution in [0.15, 0.2) is 24.3 Å². The molecule has 0 radical (unpaired) electrons. The van der Waals surface area contributed by atoms with E-state index in [1.54, 1.807) is 0 Å². The quantitative estimate of drug-likeness (QED) is 0.423. The van der Waals surface area contributed by atoms with Gasteiger partial charge in [0.15, 0.2) is 0 Å². The first-order valence-electron chi connectivity index (χ1n) is 5.88. The third-order valence-corrected chi connectivity index (χ3v) is 2.63. The predicted molar refractivity (Wildman–Crippen MR) is 67.0 cm³/mol. The topological polar surface area (TPSA) is 47.3 Å². The Bertz CT molecular complexity index is 302. The van der Waals surface area contributed by atoms with Crippen LogP contribution in [0.25, 0.3) is 0 Å². The zero-order valence-corrected chi connectivity index (χ0v) is 10.2. The molecule has 0 amide bonds. The first-order valence-corrected chi connectivity index (χ1v) is 5.88. The van der Waals surface area contributed by atoms with Gasteiger partial charge in [-0.1, -0.05) is 29.8 Å². The van der Waals surface area contributed by atoms with Gasteiger partial charge in [0.1, 0.15) is 0 Å². The van der Waals surface area contributed by atoms with Gasteiger partial charge in [0.25, 0.3) is 0 Å². The van der Waals surface area contributed by atoms with Gasteiger partial charge in [-0.15, -0.1) is 0 Å². The molecule has 0 bridgehead atoms. The lowest BCUT2D eigenvalue weighted by Crippen LogP contribution is -2.28. The maximum Gasteiger partial charge on any atom is 0.0466 e. The van der Waals surface area contributed by atoms with Crippen molar-refractivity contribution in [1.82, 2.24) is 5.43 Å². The van der Waals surface area contributed by atoms with Gasteiger partial charge in [0, 0.05) is 19.3 Å². The largest absolute Gasteiger partial charge is 0.382 e. The lowest BCUT2D eigenvalue weighted by Gasteiger charge is -2.16. The van der Waals surface area contributed by atoms with E-state index in [9.17, 15) is 0 Å². The highest BCUT2D eigenvalue weighted by molar-refractivity contribution is 5.24. The maximum absolute atomic E-state index is 5.58. The van der Waals surface area contributed by atoms with Crippen LogP contribution in [0.3, 0.4) is 0 Å². The minimum atomic E-state index is 0.223. The number of ether oxygens (including phenoxy) is 1. The van der Waals surface area contributed by atoms with Gasteiger partial charge in [-0.05, 0) is 32.3 Å². The summed E-state index contributed by atoms with van der Waals surface area (Å²) in [7, 11) is 0. The molecule has 0 spiro atoms. The lowest BCUT2D eigenvalue weighted by atomic mass is 10.0. The number of nitrogens with one attached hydrogen (secondary N) is 1. The zero-order chi connectivity index (χ0) is 11.8. The molecule has 0 aliphatic heterocycles. The van der Waals surface area contributed by atoms with Crippen LogP contribution in [0.4, 0.5) is 0 Å². The fraction of sp³-hybridized carbons (Fsp3) is 0.538. The molecule has 0 aliphatic rings. The summed E-state index contributed by atoms with van der Waals surface area (Å²) in [5.74, 6) is 5.58. The molecular formula is C13H22N2O. The van der Waals surface area contributed by atoms with Crippen LogP contribution >= 0.6 is 0 Å². The molecule has 3 N–H and O–H groups in total. The van der Waals surface area contributed by atoms with Crippen molar-refractivity contribution in [2.75, 3.05) is 13.2 Å². The van der Waals surface area contributed by atoms with E-state index in [2.05, 4.69) is 36.6 Å². The highest BCUT2D eigenvalue weighted by Gasteiger charge is 2.08. The minimum Gasteiger partial charge on any atom is -0.382 e. The molecule has 0 saturated heterocycles. The molecule has 0 heterocycles. The van der Waals surface area contributed by atoms with E-state index < -0.39 is 0 Å². The predicted octanol–water partition coefficient (Wildman–Crippen LogP) is 2.32. The average Bonchev–Trinajstić information content (AvgIpc) is 2.29. The van der Waals surface area contributed by atoms with Crippen molar-refractivity contribution >= 4 is 0 Å². The van der Waals surface area contributed by atoms with Crippen molar-refractivity contribution < 1.29 is 4.74 Å². The average molecular weight is 222 g/mol. The van der Waals surface area contributed by atoms with E-state index >= 15 is 0 Å². The number of hydrogen-bond acceptors (Lipinski definition) is 3. The highest BCUT2D eigenvalue weighted by atomic mass is 16.5. The molecule has 0 aromatic heterocycles. The maximum atomic E-state index is 5.58. The molecular weight excluding hydrogens is 200 g/mol. The molecule has 3 nitrogen and oxygen atoms in total. The van der Waals surface area contributed by atoms with E-state index in [-0.39, 0.29) is 6.04 Å². The van der Waals surface area contributed by atoms with Gasteiger partial charge >= 0.3 is 0 Å². The number of nitrogens with two attached hydrogens (primary N) is 1. The third-order valence-electron chi connectivity index (χ3n) is 2.63. The molecule has 1 aromatic rings. The van der Waals surface area contributed by atoms with Crippen molar-refractivity contribution in [3.8, 4) is 0 Å². The number of aryl methyl sites for hydroxylation is 1. The van der Waals surface area contributed by atoms with Crippen LogP contribution in [0.2, 0.25) is 0 Å². The molecule has 16 heavy (non-hydrogen) atoms. The van der Waals surface area contributed by atoms with Crippen LogP contribution in [0.1, 0.15) is 36.9 Å². The van der Waals surface area contributed by atoms with E-state index in [1.807, 2.05) is 6.92 Å². The summed E-state index contributed by atoms with van der Waals surface area (Å²) in [4.78, 5) is 0. The van der Waals surface area contributed by atoms with Crippen LogP contribution < -0.4 is 11.3 Å². The van der Waals surface area contributed by atoms with Crippen molar-refractivity contribution in [2.24, 2.45) is 5.84 Å². The van der Waals surface area contributed by atoms with Crippen molar-refractivity contribution in [1.29, 1.82) is 0 Å². The van der Waals surface area contributed by atoms with Crippen molar-refractivity contribution in [3.63, 3.8) is 0 Å². The van der Waals surface area contributed by atoms with Crippen LogP contribution in [0.5, 0.6) is 0 Å². The summed E-state index contributed by atoms with van der Waals surface area (Å²) < 4.78 is 5.32. The van der Waals surface area contributed by atoms with Gasteiger partial charge in [-0.3, -0.25) is 11.3 Å². The minimum absolute atomic E-state index is 0.223. The second-order valence-electron chi connectivity index (χ2n) is 3.97. The van der Waals surface area contributed by atoms with E-state index in [4.69, 9.17) is 10.6 Å². The van der Waals surface area contributed by atoms with Gasteiger partial charge < -0.3 is 4.74 Å². The number of benzene rings is 1. The summed E-state index contributed by atoms with van der Waals surface area (Å²) in [5, 5.41) is 0. The Labute approximate surface area is 98.0 Å². The van der Waals surface area contributed by atoms with E-state index in [0.717, 1.165) is 26.1 Å². The van der Waals surface area contributed by atoms with Crippen LogP contribution in [0, 0.1) is 6.92 Å². The SMILES string of the molecule is CCOCCCC(NN)c1cccc(C)c1. The number of hydrazine groups is 1. The van der Waals surface area contributed by atoms with Crippen molar-refractivity contribution in [3.05, 3.63) is 35.4 Å². The fourth-order valence-electron chi connectivity index (χ4n) is 1.77. The third kappa shape index (κ3) is 4.31. The summed E-state index contributed by atoms with van der Waals surface area (Å²) in [6.07, 6.45) is 2.02. The molecule has 0 saturated carbocycles. The monoisotopic (exact) mass is 222 g/mol. The molecule has 1 aromatic carbocycles. The summed E-state index contributed by atoms with van der Waals surface area (Å²) in [6, 6.07) is 8.67. The number of hydrogen-bond donors (Lipinski definition) is 2. The van der Waals surface area contributed by atoms with E-state index in [0.29, 0.717) is 0 Å². The Hall–Kier alpha value is -0.900. The Morgan fingerprint density at radius 1 is 1.44 bits per heavy atom. The van der Waals surface area contributed by atoms with Gasteiger partial charge in [0.05, 0.1) is 0 Å². The first kappa shape index (κ1) is 13.2. The Kier molecular flexibility index (Phi) is 6.08. The Morgan fingerprint density at radius 2 is 2.25 bits per heavy atom. The van der Waals surface area contributed by atoms with Gasteiger partial charge in [-0.25, -0.2) is 0 Å². The highest BCUT2D eigenvalue weighted by Crippen LogP contribution is 2.18. The molecule has 90 valence electrons. The second-order valence-corrected chi connectivity index (χ2v) is 3.97. The molecule has 1 unspecified atom stereocenters. The van der Waals surface area contributed by atoms with Crippen LogP contribution in [-0.4, -0.2) is 13.2 Å². The normalized spacial score (nSPS) is 12.7. The number of rotatable bonds is 7. The Morgan fingerprint density at radius 3 is 2.88 bits per heavy atom. The molecule has 0 aliphatic carbocycles. The fourth-order valence-corrected chi connectivity index (χ4v) is 1.77. The summed E-state index contributed by atoms with van der Waals surface area (Å²) >= 11 is 0. The second kappa shape index (κ2) is 7.39. The lowest BCUT2D eigenvalue weighted by molar-refractivity contribution is 0.141. The molecule has 1 rings (SSSR count). The van der Waals surface area contributed by atoms with Crippen LogP contribution in [-0.2, 0) is 4.74 Å². The molecule has 1 atom stereocenters. The van der Waals surface area contributed by atoms with E-state index in [1.165, 1.54) is 11.1 Å². The van der Waals surface area contributed by atoms with Crippen molar-refractivity contribution in [2.45, 2.75) is 32.7 Å².